The maximum Gasteiger partial charge on any atom is 0.262 e. The molecule has 0 unspecified atom stereocenters. The van der Waals surface area contributed by atoms with Crippen LogP contribution in [-0.4, -0.2) is 35.6 Å². The summed E-state index contributed by atoms with van der Waals surface area (Å²) in [6, 6.07) is 9.21. The number of hydrazone groups is 1. The first-order valence-corrected chi connectivity index (χ1v) is 12.7. The van der Waals surface area contributed by atoms with Crippen LogP contribution in [0.3, 0.4) is 0 Å². The molecule has 2 aliphatic carbocycles. The first-order chi connectivity index (χ1) is 16.3. The highest BCUT2D eigenvalue weighted by molar-refractivity contribution is 14.1. The fraction of sp³-hybridized carbons (Fsp3) is 0.250. The van der Waals surface area contributed by atoms with Gasteiger partial charge in [0.2, 0.25) is 0 Å². The molecule has 1 aliphatic heterocycles. The molecule has 2 bridgehead atoms. The van der Waals surface area contributed by atoms with E-state index in [9.17, 15) is 18.8 Å². The number of nitrogens with one attached hydrogen (secondary N) is 1. The number of halogens is 3. The molecular weight excluding hydrogens is 667 g/mol. The smallest absolute Gasteiger partial charge is 0.262 e. The average molecular weight is 685 g/mol. The van der Waals surface area contributed by atoms with E-state index in [4.69, 9.17) is 4.74 Å². The summed E-state index contributed by atoms with van der Waals surface area (Å²) in [7, 11) is 0. The molecule has 2 aromatic carbocycles. The maximum atomic E-state index is 13.3. The summed E-state index contributed by atoms with van der Waals surface area (Å²) in [5.74, 6) is -1.06. The number of amides is 3. The van der Waals surface area contributed by atoms with Crippen LogP contribution in [0.1, 0.15) is 12.0 Å². The number of hydrogen-bond donors (Lipinski definition) is 1. The lowest BCUT2D eigenvalue weighted by Crippen LogP contribution is -2.28. The van der Waals surface area contributed by atoms with E-state index in [2.05, 4.69) is 55.6 Å². The minimum absolute atomic E-state index is 0.142. The molecule has 10 heteroatoms. The van der Waals surface area contributed by atoms with Gasteiger partial charge < -0.3 is 10.1 Å². The van der Waals surface area contributed by atoms with E-state index in [0.717, 1.165) is 18.6 Å². The van der Waals surface area contributed by atoms with Gasteiger partial charge >= 0.3 is 0 Å². The predicted octanol–water partition coefficient (Wildman–Crippen LogP) is 4.19. The van der Waals surface area contributed by atoms with Crippen molar-refractivity contribution in [2.45, 2.75) is 6.42 Å². The lowest BCUT2D eigenvalue weighted by Gasteiger charge is -2.13. The minimum Gasteiger partial charge on any atom is -0.482 e. The Morgan fingerprint density at radius 1 is 1.12 bits per heavy atom. The van der Waals surface area contributed by atoms with Crippen molar-refractivity contribution in [2.75, 3.05) is 11.9 Å². The molecule has 2 fully saturated rings. The second kappa shape index (κ2) is 9.36. The predicted molar refractivity (Wildman–Crippen MR) is 140 cm³/mol. The van der Waals surface area contributed by atoms with E-state index in [1.807, 2.05) is 12.2 Å². The van der Waals surface area contributed by atoms with Gasteiger partial charge in [-0.2, -0.15) is 10.1 Å². The molecular formula is C24H18FI2N3O4. The van der Waals surface area contributed by atoms with Crippen LogP contribution < -0.4 is 10.1 Å². The second-order valence-corrected chi connectivity index (χ2v) is 10.7. The van der Waals surface area contributed by atoms with E-state index in [1.54, 1.807) is 18.2 Å². The number of carbonyl (C=O) groups excluding carboxylic acids is 3. The fourth-order valence-corrected chi connectivity index (χ4v) is 6.95. The Kier molecular flexibility index (Phi) is 6.44. The summed E-state index contributed by atoms with van der Waals surface area (Å²) < 4.78 is 20.4. The van der Waals surface area contributed by atoms with Gasteiger partial charge in [-0.05, 0) is 99.3 Å². The van der Waals surface area contributed by atoms with Crippen LogP contribution in [0.25, 0.3) is 0 Å². The molecule has 3 amide bonds. The number of allylic oxidation sites excluding steroid dienone is 2. The molecule has 1 N–H and O–H groups in total. The molecule has 1 saturated carbocycles. The number of hydrogen-bond acceptors (Lipinski definition) is 5. The summed E-state index contributed by atoms with van der Waals surface area (Å²) in [4.78, 5) is 37.7. The van der Waals surface area contributed by atoms with Crippen molar-refractivity contribution in [3.8, 4) is 5.75 Å². The summed E-state index contributed by atoms with van der Waals surface area (Å²) in [6.07, 6.45) is 6.47. The molecule has 34 heavy (non-hydrogen) atoms. The molecule has 5 rings (SSSR count). The molecule has 2 aromatic rings. The van der Waals surface area contributed by atoms with Crippen LogP contribution in [0.5, 0.6) is 5.75 Å². The zero-order chi connectivity index (χ0) is 24.0. The molecule has 1 heterocycles. The molecule has 1 saturated heterocycles. The number of rotatable bonds is 6. The monoisotopic (exact) mass is 685 g/mol. The normalized spacial score (nSPS) is 24.9. The molecule has 174 valence electrons. The quantitative estimate of drug-likeness (QED) is 0.214. The average Bonchev–Trinajstić information content (AvgIpc) is 3.46. The first kappa shape index (κ1) is 23.4. The van der Waals surface area contributed by atoms with Crippen molar-refractivity contribution in [2.24, 2.45) is 28.8 Å². The van der Waals surface area contributed by atoms with Crippen LogP contribution in [-0.2, 0) is 14.4 Å². The number of ether oxygens (including phenoxy) is 1. The van der Waals surface area contributed by atoms with Crippen molar-refractivity contribution < 1.29 is 23.5 Å². The van der Waals surface area contributed by atoms with E-state index >= 15 is 0 Å². The number of nitrogens with zero attached hydrogens (tertiary/aromatic N) is 2. The van der Waals surface area contributed by atoms with Crippen LogP contribution in [0.2, 0.25) is 0 Å². The van der Waals surface area contributed by atoms with E-state index in [0.29, 0.717) is 17.0 Å². The summed E-state index contributed by atoms with van der Waals surface area (Å²) >= 11 is 4.18. The zero-order valence-electron chi connectivity index (χ0n) is 17.6. The third-order valence-corrected chi connectivity index (χ3v) is 7.85. The van der Waals surface area contributed by atoms with Gasteiger partial charge in [0, 0.05) is 5.69 Å². The fourth-order valence-electron chi connectivity index (χ4n) is 4.82. The number of carbonyl (C=O) groups is 3. The largest absolute Gasteiger partial charge is 0.482 e. The van der Waals surface area contributed by atoms with Gasteiger partial charge in [-0.15, -0.1) is 0 Å². The Hall–Kier alpha value is -2.35. The van der Waals surface area contributed by atoms with Crippen molar-refractivity contribution in [3.05, 3.63) is 67.1 Å². The van der Waals surface area contributed by atoms with Gasteiger partial charge in [-0.25, -0.2) is 4.39 Å². The molecule has 0 spiro atoms. The topological polar surface area (TPSA) is 88.1 Å². The minimum atomic E-state index is -0.440. The third kappa shape index (κ3) is 4.37. The molecule has 4 atom stereocenters. The van der Waals surface area contributed by atoms with Crippen LogP contribution in [0, 0.1) is 36.6 Å². The molecule has 3 aliphatic rings. The Bertz CT molecular complexity index is 1210. The highest BCUT2D eigenvalue weighted by atomic mass is 127. The Morgan fingerprint density at radius 3 is 2.38 bits per heavy atom. The summed E-state index contributed by atoms with van der Waals surface area (Å²) in [5, 5.41) is 7.82. The summed E-state index contributed by atoms with van der Waals surface area (Å²) in [5.41, 5.74) is 1.05. The lowest BCUT2D eigenvalue weighted by molar-refractivity contribution is -0.140. The van der Waals surface area contributed by atoms with Crippen molar-refractivity contribution in [3.63, 3.8) is 0 Å². The highest BCUT2D eigenvalue weighted by Crippen LogP contribution is 2.52. The van der Waals surface area contributed by atoms with Crippen LogP contribution in [0.4, 0.5) is 10.1 Å². The standard InChI is InChI=1S/C24H18FI2N3O4/c25-15-2-1-3-16(9-15)29-19(31)11-34-22-17(26)6-12(7-18(22)27)10-28-30-23(32)20-13-4-5-14(8-13)21(20)24(30)33/h1-7,9-10,13-14,20-21H,8,11H2,(H,29,31)/t13-,14-,20-,21+/m0/s1. The number of imide groups is 1. The van der Waals surface area contributed by atoms with E-state index in [1.165, 1.54) is 24.4 Å². The Morgan fingerprint density at radius 2 is 1.76 bits per heavy atom. The van der Waals surface area contributed by atoms with Crippen molar-refractivity contribution in [1.82, 2.24) is 5.01 Å². The Labute approximate surface area is 222 Å². The SMILES string of the molecule is O=C(COc1c(I)cc(C=NN2C(=O)[C@@H]3[C@H](C2=O)[C@H]2C=C[C@H]3C2)cc1I)Nc1cccc(F)c1. The van der Waals surface area contributed by atoms with Crippen LogP contribution >= 0.6 is 45.2 Å². The van der Waals surface area contributed by atoms with E-state index < -0.39 is 11.7 Å². The van der Waals surface area contributed by atoms with Crippen molar-refractivity contribution in [1.29, 1.82) is 0 Å². The third-order valence-electron chi connectivity index (χ3n) is 6.25. The van der Waals surface area contributed by atoms with Crippen molar-refractivity contribution >= 4 is 74.8 Å². The van der Waals surface area contributed by atoms with E-state index in [-0.39, 0.29) is 42.1 Å². The van der Waals surface area contributed by atoms with Gasteiger partial charge in [-0.3, -0.25) is 14.4 Å². The number of anilines is 1. The maximum absolute atomic E-state index is 13.3. The molecule has 0 aromatic heterocycles. The van der Waals surface area contributed by atoms with Gasteiger partial charge in [0.15, 0.2) is 6.61 Å². The molecule has 7 nitrogen and oxygen atoms in total. The van der Waals surface area contributed by atoms with Gasteiger partial charge in [0.1, 0.15) is 11.6 Å². The van der Waals surface area contributed by atoms with Gasteiger partial charge in [0.05, 0.1) is 25.2 Å². The van der Waals surface area contributed by atoms with Gasteiger partial charge in [-0.1, -0.05) is 18.2 Å². The zero-order valence-corrected chi connectivity index (χ0v) is 21.9. The number of fused-ring (bicyclic) bond motifs is 5. The van der Waals surface area contributed by atoms with Gasteiger partial charge in [0.25, 0.3) is 17.7 Å². The first-order valence-electron chi connectivity index (χ1n) is 10.6. The lowest BCUT2D eigenvalue weighted by atomic mass is 9.85. The second-order valence-electron chi connectivity index (χ2n) is 8.39. The number of benzene rings is 2. The Balaban J connectivity index is 1.24. The van der Waals surface area contributed by atoms with Crippen LogP contribution in [0.15, 0.2) is 53.7 Å². The summed E-state index contributed by atoms with van der Waals surface area (Å²) in [6.45, 7) is -0.244. The molecule has 0 radical (unpaired) electrons. The highest BCUT2D eigenvalue weighted by Gasteiger charge is 2.59.